The summed E-state index contributed by atoms with van der Waals surface area (Å²) in [5.41, 5.74) is 2.45. The van der Waals surface area contributed by atoms with Crippen LogP contribution in [0.5, 0.6) is 0 Å². The Balaban J connectivity index is 1.41. The van der Waals surface area contributed by atoms with E-state index >= 15 is 0 Å². The summed E-state index contributed by atoms with van der Waals surface area (Å²) >= 11 is 0. The average molecular weight is 365 g/mol. The standard InChI is InChI=1S/C20H23N5O2/c26-18(15-3-8-21-9-4-15)24-11-6-20(7-12-24)17-16(22-13-23-17)5-10-25(20)19(27)14-1-2-14/h3-4,8-9,13-14H,1-2,5-7,10-12H2,(H,22,23). The number of hydrogen-bond acceptors (Lipinski definition) is 4. The van der Waals surface area contributed by atoms with E-state index in [2.05, 4.69) is 19.9 Å². The first kappa shape index (κ1) is 16.5. The molecule has 0 bridgehead atoms. The molecule has 1 saturated heterocycles. The summed E-state index contributed by atoms with van der Waals surface area (Å²) in [7, 11) is 0. The Morgan fingerprint density at radius 2 is 1.85 bits per heavy atom. The molecule has 2 aromatic heterocycles. The molecular weight excluding hydrogens is 342 g/mol. The van der Waals surface area contributed by atoms with Crippen molar-refractivity contribution in [1.29, 1.82) is 0 Å². The maximum Gasteiger partial charge on any atom is 0.253 e. The van der Waals surface area contributed by atoms with Crippen LogP contribution in [0.4, 0.5) is 0 Å². The summed E-state index contributed by atoms with van der Waals surface area (Å²) in [4.78, 5) is 41.6. The Kier molecular flexibility index (Phi) is 3.77. The number of carbonyl (C=O) groups is 2. The molecule has 1 spiro atoms. The second kappa shape index (κ2) is 6.18. The number of likely N-dealkylation sites (tertiary alicyclic amines) is 1. The summed E-state index contributed by atoms with van der Waals surface area (Å²) in [5.74, 6) is 0.502. The van der Waals surface area contributed by atoms with E-state index < -0.39 is 0 Å². The van der Waals surface area contributed by atoms with E-state index in [0.717, 1.165) is 50.0 Å². The lowest BCUT2D eigenvalue weighted by atomic mass is 9.78. The van der Waals surface area contributed by atoms with E-state index in [1.165, 1.54) is 0 Å². The molecule has 1 N–H and O–H groups in total. The Hall–Kier alpha value is -2.70. The van der Waals surface area contributed by atoms with Crippen LogP contribution in [0.1, 0.15) is 47.4 Å². The highest BCUT2D eigenvalue weighted by atomic mass is 16.2. The van der Waals surface area contributed by atoms with Crippen molar-refractivity contribution >= 4 is 11.8 Å². The minimum Gasteiger partial charge on any atom is -0.348 e. The number of H-pyrrole nitrogens is 1. The first-order valence-corrected chi connectivity index (χ1v) is 9.72. The van der Waals surface area contributed by atoms with Gasteiger partial charge in [-0.15, -0.1) is 0 Å². The predicted octanol–water partition coefficient (Wildman–Crippen LogP) is 1.73. The van der Waals surface area contributed by atoms with Crippen LogP contribution in [-0.4, -0.2) is 56.2 Å². The minimum absolute atomic E-state index is 0.0328. The number of aromatic amines is 1. The molecule has 140 valence electrons. The van der Waals surface area contributed by atoms with Crippen molar-refractivity contribution in [2.75, 3.05) is 19.6 Å². The third-order valence-electron chi connectivity index (χ3n) is 6.26. The van der Waals surface area contributed by atoms with Crippen molar-refractivity contribution in [1.82, 2.24) is 24.8 Å². The molecule has 2 amide bonds. The highest BCUT2D eigenvalue weighted by Gasteiger charge is 2.51. The van der Waals surface area contributed by atoms with Crippen molar-refractivity contribution < 1.29 is 9.59 Å². The summed E-state index contributed by atoms with van der Waals surface area (Å²) in [6, 6.07) is 3.50. The summed E-state index contributed by atoms with van der Waals surface area (Å²) in [6.45, 7) is 1.99. The van der Waals surface area contributed by atoms with Crippen LogP contribution in [0.15, 0.2) is 30.9 Å². The Labute approximate surface area is 157 Å². The van der Waals surface area contributed by atoms with Crippen molar-refractivity contribution in [2.24, 2.45) is 5.92 Å². The molecule has 5 rings (SSSR count). The number of pyridine rings is 1. The van der Waals surface area contributed by atoms with Gasteiger partial charge in [0.2, 0.25) is 5.91 Å². The maximum atomic E-state index is 13.0. The van der Waals surface area contributed by atoms with E-state index in [4.69, 9.17) is 0 Å². The van der Waals surface area contributed by atoms with Crippen LogP contribution in [-0.2, 0) is 16.8 Å². The monoisotopic (exact) mass is 365 g/mol. The fourth-order valence-corrected chi connectivity index (χ4v) is 4.61. The second-order valence-corrected chi connectivity index (χ2v) is 7.80. The van der Waals surface area contributed by atoms with Crippen molar-refractivity contribution in [3.63, 3.8) is 0 Å². The summed E-state index contributed by atoms with van der Waals surface area (Å²) < 4.78 is 0. The number of imidazole rings is 1. The number of carbonyl (C=O) groups excluding carboxylic acids is 2. The normalized spacial score (nSPS) is 21.2. The summed E-state index contributed by atoms with van der Waals surface area (Å²) in [6.07, 6.45) is 9.34. The van der Waals surface area contributed by atoms with Crippen LogP contribution in [0, 0.1) is 5.92 Å². The molecule has 1 aliphatic carbocycles. The Bertz CT molecular complexity index is 866. The molecule has 3 aliphatic rings. The minimum atomic E-state index is -0.373. The van der Waals surface area contributed by atoms with Crippen molar-refractivity contribution in [3.8, 4) is 0 Å². The zero-order valence-corrected chi connectivity index (χ0v) is 15.2. The number of hydrogen-bond donors (Lipinski definition) is 1. The van der Waals surface area contributed by atoms with E-state index in [1.807, 2.05) is 4.90 Å². The molecule has 27 heavy (non-hydrogen) atoms. The fraction of sp³-hybridized carbons (Fsp3) is 0.500. The molecular formula is C20H23N5O2. The number of nitrogens with zero attached hydrogens (tertiary/aromatic N) is 4. The molecule has 2 fully saturated rings. The van der Waals surface area contributed by atoms with Crippen molar-refractivity contribution in [3.05, 3.63) is 47.8 Å². The van der Waals surface area contributed by atoms with Gasteiger partial charge in [-0.1, -0.05) is 0 Å². The number of amides is 2. The number of piperidine rings is 1. The van der Waals surface area contributed by atoms with E-state index in [9.17, 15) is 9.59 Å². The fourth-order valence-electron chi connectivity index (χ4n) is 4.61. The maximum absolute atomic E-state index is 13.0. The van der Waals surface area contributed by atoms with Crippen LogP contribution < -0.4 is 0 Å². The molecule has 0 radical (unpaired) electrons. The average Bonchev–Trinajstić information content (AvgIpc) is 3.45. The molecule has 0 atom stereocenters. The molecule has 2 aliphatic heterocycles. The van der Waals surface area contributed by atoms with Gasteiger partial charge in [0.1, 0.15) is 0 Å². The summed E-state index contributed by atoms with van der Waals surface area (Å²) in [5, 5.41) is 0. The zero-order valence-electron chi connectivity index (χ0n) is 15.2. The van der Waals surface area contributed by atoms with Gasteiger partial charge in [-0.2, -0.15) is 0 Å². The Morgan fingerprint density at radius 1 is 1.11 bits per heavy atom. The number of fused-ring (bicyclic) bond motifs is 2. The van der Waals surface area contributed by atoms with E-state index in [1.54, 1.807) is 30.9 Å². The van der Waals surface area contributed by atoms with Crippen molar-refractivity contribution in [2.45, 2.75) is 37.6 Å². The van der Waals surface area contributed by atoms with E-state index in [-0.39, 0.29) is 23.3 Å². The number of nitrogens with one attached hydrogen (secondary N) is 1. The van der Waals surface area contributed by atoms with Gasteiger partial charge in [0.25, 0.3) is 5.91 Å². The van der Waals surface area contributed by atoms with Crippen LogP contribution in [0.3, 0.4) is 0 Å². The molecule has 0 unspecified atom stereocenters. The quantitative estimate of drug-likeness (QED) is 0.879. The molecule has 7 heteroatoms. The lowest BCUT2D eigenvalue weighted by Gasteiger charge is -2.50. The van der Waals surface area contributed by atoms with Crippen LogP contribution in [0.2, 0.25) is 0 Å². The third-order valence-corrected chi connectivity index (χ3v) is 6.26. The smallest absolute Gasteiger partial charge is 0.253 e. The SMILES string of the molecule is O=C(c1ccncc1)N1CCC2(CC1)c1nc[nH]c1CCN2C(=O)C1CC1. The van der Waals surface area contributed by atoms with Gasteiger partial charge in [-0.25, -0.2) is 4.98 Å². The second-order valence-electron chi connectivity index (χ2n) is 7.80. The highest BCUT2D eigenvalue weighted by Crippen LogP contribution is 2.45. The first-order chi connectivity index (χ1) is 13.2. The molecule has 2 aromatic rings. The predicted molar refractivity (Wildman–Crippen MR) is 97.8 cm³/mol. The number of aromatic nitrogens is 3. The van der Waals surface area contributed by atoms with Crippen LogP contribution >= 0.6 is 0 Å². The van der Waals surface area contributed by atoms with Gasteiger partial charge in [-0.05, 0) is 37.8 Å². The van der Waals surface area contributed by atoms with Gasteiger partial charge in [0.05, 0.1) is 17.6 Å². The van der Waals surface area contributed by atoms with Crippen LogP contribution in [0.25, 0.3) is 0 Å². The Morgan fingerprint density at radius 3 is 2.56 bits per heavy atom. The molecule has 4 heterocycles. The molecule has 1 saturated carbocycles. The van der Waals surface area contributed by atoms with Gasteiger partial charge in [0.15, 0.2) is 0 Å². The molecule has 7 nitrogen and oxygen atoms in total. The van der Waals surface area contributed by atoms with Gasteiger partial charge in [-0.3, -0.25) is 14.6 Å². The highest BCUT2D eigenvalue weighted by molar-refractivity contribution is 5.94. The van der Waals surface area contributed by atoms with Gasteiger partial charge >= 0.3 is 0 Å². The zero-order chi connectivity index (χ0) is 18.4. The van der Waals surface area contributed by atoms with Gasteiger partial charge < -0.3 is 14.8 Å². The van der Waals surface area contributed by atoms with E-state index in [0.29, 0.717) is 18.7 Å². The topological polar surface area (TPSA) is 82.2 Å². The third kappa shape index (κ3) is 2.64. The largest absolute Gasteiger partial charge is 0.348 e. The lowest BCUT2D eigenvalue weighted by molar-refractivity contribution is -0.143. The number of rotatable bonds is 2. The first-order valence-electron chi connectivity index (χ1n) is 9.72. The van der Waals surface area contributed by atoms with Gasteiger partial charge in [0, 0.05) is 55.6 Å². The molecule has 0 aromatic carbocycles. The lowest BCUT2D eigenvalue weighted by Crippen LogP contribution is -2.59.